The average molecular weight is 292 g/mol. The molecule has 0 aliphatic rings. The van der Waals surface area contributed by atoms with Crippen LogP contribution in [-0.4, -0.2) is 11.7 Å². The van der Waals surface area contributed by atoms with Gasteiger partial charge in [-0.15, -0.1) is 0 Å². The summed E-state index contributed by atoms with van der Waals surface area (Å²) in [7, 11) is 0. The van der Waals surface area contributed by atoms with Crippen LogP contribution in [0, 0.1) is 0 Å². The lowest BCUT2D eigenvalue weighted by Crippen LogP contribution is -2.24. The number of halogens is 1. The van der Waals surface area contributed by atoms with Crippen LogP contribution in [-0.2, 0) is 5.60 Å². The zero-order valence-electron chi connectivity index (χ0n) is 11.3. The van der Waals surface area contributed by atoms with Crippen molar-refractivity contribution in [2.75, 3.05) is 6.54 Å². The summed E-state index contributed by atoms with van der Waals surface area (Å²) in [5.74, 6) is 1.28. The van der Waals surface area contributed by atoms with Gasteiger partial charge in [0.25, 0.3) is 0 Å². The first-order chi connectivity index (χ1) is 9.53. The van der Waals surface area contributed by atoms with E-state index in [1.54, 1.807) is 19.1 Å². The van der Waals surface area contributed by atoms with Crippen molar-refractivity contribution in [1.29, 1.82) is 0 Å². The van der Waals surface area contributed by atoms with Crippen molar-refractivity contribution >= 4 is 11.6 Å². The number of nitrogens with two attached hydrogens (primary N) is 1. The Kier molecular flexibility index (Phi) is 4.65. The molecular weight excluding hydrogens is 274 g/mol. The lowest BCUT2D eigenvalue weighted by Gasteiger charge is -2.23. The van der Waals surface area contributed by atoms with Gasteiger partial charge in [0.05, 0.1) is 10.6 Å². The van der Waals surface area contributed by atoms with Crippen LogP contribution in [0.4, 0.5) is 0 Å². The maximum atomic E-state index is 10.3. The van der Waals surface area contributed by atoms with E-state index in [4.69, 9.17) is 22.1 Å². The zero-order valence-corrected chi connectivity index (χ0v) is 12.1. The summed E-state index contributed by atoms with van der Waals surface area (Å²) in [6.45, 7) is 2.19. The Bertz CT molecular complexity index is 567. The van der Waals surface area contributed by atoms with Crippen molar-refractivity contribution in [2.45, 2.75) is 18.9 Å². The highest BCUT2D eigenvalue weighted by Crippen LogP contribution is 2.31. The number of benzene rings is 2. The Balaban J connectivity index is 2.15. The van der Waals surface area contributed by atoms with Crippen molar-refractivity contribution < 1.29 is 9.84 Å². The molecule has 2 rings (SSSR count). The number of para-hydroxylation sites is 1. The normalized spacial score (nSPS) is 13.8. The summed E-state index contributed by atoms with van der Waals surface area (Å²) in [5.41, 5.74) is 5.40. The van der Waals surface area contributed by atoms with Crippen LogP contribution in [0.3, 0.4) is 0 Å². The van der Waals surface area contributed by atoms with Gasteiger partial charge in [-0.3, -0.25) is 0 Å². The van der Waals surface area contributed by atoms with Crippen LogP contribution in [0.25, 0.3) is 0 Å². The molecule has 2 aromatic rings. The first-order valence-corrected chi connectivity index (χ1v) is 6.86. The number of aliphatic hydroxyl groups is 1. The number of rotatable bonds is 5. The Morgan fingerprint density at radius 3 is 2.40 bits per heavy atom. The Morgan fingerprint density at radius 1 is 1.15 bits per heavy atom. The molecule has 1 atom stereocenters. The van der Waals surface area contributed by atoms with E-state index in [1.807, 2.05) is 36.4 Å². The van der Waals surface area contributed by atoms with E-state index in [9.17, 15) is 5.11 Å². The highest BCUT2D eigenvalue weighted by molar-refractivity contribution is 6.32. The van der Waals surface area contributed by atoms with E-state index in [1.165, 1.54) is 0 Å². The van der Waals surface area contributed by atoms with Gasteiger partial charge in [-0.2, -0.15) is 0 Å². The summed E-state index contributed by atoms with van der Waals surface area (Å²) < 4.78 is 5.70. The molecular formula is C16H18ClNO2. The summed E-state index contributed by atoms with van der Waals surface area (Å²) in [5, 5.41) is 10.8. The fourth-order valence-corrected chi connectivity index (χ4v) is 2.14. The quantitative estimate of drug-likeness (QED) is 0.883. The summed E-state index contributed by atoms with van der Waals surface area (Å²) >= 11 is 6.04. The molecule has 0 amide bonds. The van der Waals surface area contributed by atoms with E-state index in [0.717, 1.165) is 5.56 Å². The van der Waals surface area contributed by atoms with Gasteiger partial charge in [0.15, 0.2) is 0 Å². The SMILES string of the molecule is CC(O)(CCN)c1ccc(Oc2ccccc2Cl)cc1. The van der Waals surface area contributed by atoms with Gasteiger partial charge < -0.3 is 15.6 Å². The molecule has 0 aromatic heterocycles. The third-order valence-electron chi connectivity index (χ3n) is 3.17. The number of ether oxygens (including phenoxy) is 1. The monoisotopic (exact) mass is 291 g/mol. The zero-order chi connectivity index (χ0) is 14.6. The molecule has 0 saturated carbocycles. The van der Waals surface area contributed by atoms with Gasteiger partial charge in [0, 0.05) is 0 Å². The molecule has 1 unspecified atom stereocenters. The van der Waals surface area contributed by atoms with Crippen LogP contribution >= 0.6 is 11.6 Å². The second-order valence-corrected chi connectivity index (χ2v) is 5.28. The van der Waals surface area contributed by atoms with Crippen LogP contribution in [0.15, 0.2) is 48.5 Å². The number of hydrogen-bond acceptors (Lipinski definition) is 3. The van der Waals surface area contributed by atoms with Gasteiger partial charge in [-0.1, -0.05) is 35.9 Å². The summed E-state index contributed by atoms with van der Waals surface area (Å²) in [6, 6.07) is 14.6. The van der Waals surface area contributed by atoms with Gasteiger partial charge in [0.2, 0.25) is 0 Å². The highest BCUT2D eigenvalue weighted by atomic mass is 35.5. The van der Waals surface area contributed by atoms with Crippen molar-refractivity contribution in [1.82, 2.24) is 0 Å². The molecule has 106 valence electrons. The maximum absolute atomic E-state index is 10.3. The molecule has 3 nitrogen and oxygen atoms in total. The maximum Gasteiger partial charge on any atom is 0.146 e. The molecule has 0 heterocycles. The van der Waals surface area contributed by atoms with E-state index in [2.05, 4.69) is 0 Å². The standard InChI is InChI=1S/C16H18ClNO2/c1-16(19,10-11-18)12-6-8-13(9-7-12)20-15-5-3-2-4-14(15)17/h2-9,19H,10-11,18H2,1H3. The Morgan fingerprint density at radius 2 is 1.80 bits per heavy atom. The van der Waals surface area contributed by atoms with Crippen molar-refractivity contribution in [2.24, 2.45) is 5.73 Å². The molecule has 0 aliphatic carbocycles. The van der Waals surface area contributed by atoms with E-state index < -0.39 is 5.60 Å². The average Bonchev–Trinajstić information content (AvgIpc) is 2.42. The predicted octanol–water partition coefficient (Wildman–Crippen LogP) is 3.69. The van der Waals surface area contributed by atoms with E-state index in [-0.39, 0.29) is 0 Å². The molecule has 3 N–H and O–H groups in total. The largest absolute Gasteiger partial charge is 0.456 e. The topological polar surface area (TPSA) is 55.5 Å². The minimum Gasteiger partial charge on any atom is -0.456 e. The lowest BCUT2D eigenvalue weighted by molar-refractivity contribution is 0.0504. The van der Waals surface area contributed by atoms with Crippen molar-refractivity contribution in [3.63, 3.8) is 0 Å². The second kappa shape index (κ2) is 6.27. The molecule has 20 heavy (non-hydrogen) atoms. The first kappa shape index (κ1) is 14.9. The van der Waals surface area contributed by atoms with Gasteiger partial charge in [-0.05, 0) is 49.7 Å². The fraction of sp³-hybridized carbons (Fsp3) is 0.250. The van der Waals surface area contributed by atoms with Gasteiger partial charge in [-0.25, -0.2) is 0 Å². The second-order valence-electron chi connectivity index (χ2n) is 4.87. The van der Waals surface area contributed by atoms with E-state index in [0.29, 0.717) is 29.5 Å². The molecule has 0 radical (unpaired) electrons. The molecule has 0 bridgehead atoms. The van der Waals surface area contributed by atoms with Crippen molar-refractivity contribution in [3.8, 4) is 11.5 Å². The minimum absolute atomic E-state index is 0.435. The van der Waals surface area contributed by atoms with Crippen molar-refractivity contribution in [3.05, 3.63) is 59.1 Å². The lowest BCUT2D eigenvalue weighted by atomic mass is 9.93. The summed E-state index contributed by atoms with van der Waals surface area (Å²) in [4.78, 5) is 0. The number of hydrogen-bond donors (Lipinski definition) is 2. The summed E-state index contributed by atoms with van der Waals surface area (Å²) in [6.07, 6.45) is 0.512. The fourth-order valence-electron chi connectivity index (χ4n) is 1.96. The predicted molar refractivity (Wildman–Crippen MR) is 81.2 cm³/mol. The van der Waals surface area contributed by atoms with Gasteiger partial charge in [0.1, 0.15) is 11.5 Å². The third kappa shape index (κ3) is 3.51. The van der Waals surface area contributed by atoms with Crippen LogP contribution < -0.4 is 10.5 Å². The molecule has 0 aliphatic heterocycles. The molecule has 2 aromatic carbocycles. The third-order valence-corrected chi connectivity index (χ3v) is 3.48. The molecule has 0 fully saturated rings. The van der Waals surface area contributed by atoms with Crippen LogP contribution in [0.2, 0.25) is 5.02 Å². The molecule has 0 saturated heterocycles. The van der Waals surface area contributed by atoms with Crippen LogP contribution in [0.1, 0.15) is 18.9 Å². The molecule has 0 spiro atoms. The van der Waals surface area contributed by atoms with Gasteiger partial charge >= 0.3 is 0 Å². The first-order valence-electron chi connectivity index (χ1n) is 6.48. The van der Waals surface area contributed by atoms with Crippen LogP contribution in [0.5, 0.6) is 11.5 Å². The minimum atomic E-state index is -0.919. The Labute approximate surface area is 123 Å². The highest BCUT2D eigenvalue weighted by Gasteiger charge is 2.21. The Hall–Kier alpha value is -1.55. The smallest absolute Gasteiger partial charge is 0.146 e. The molecule has 4 heteroatoms. The van der Waals surface area contributed by atoms with E-state index >= 15 is 0 Å².